The summed E-state index contributed by atoms with van der Waals surface area (Å²) in [6.45, 7) is 6.47. The van der Waals surface area contributed by atoms with E-state index in [1.54, 1.807) is 0 Å². The molecule has 0 unspecified atom stereocenters. The number of carbonyl (C=O) groups is 1. The topological polar surface area (TPSA) is 35.5 Å². The summed E-state index contributed by atoms with van der Waals surface area (Å²) < 4.78 is 11.7. The number of carbonyl (C=O) groups excluding carboxylic acids is 1. The number of ether oxygens (including phenoxy) is 2. The molecule has 0 N–H and O–H groups in total. The van der Waals surface area contributed by atoms with E-state index in [0.717, 1.165) is 12.0 Å². The van der Waals surface area contributed by atoms with E-state index in [1.807, 2.05) is 51.1 Å². The van der Waals surface area contributed by atoms with Crippen LogP contribution in [0.1, 0.15) is 45.5 Å². The maximum Gasteiger partial charge on any atom is 0.184 e. The van der Waals surface area contributed by atoms with Crippen LogP contribution in [-0.4, -0.2) is 18.5 Å². The lowest BCUT2D eigenvalue weighted by Crippen LogP contribution is -2.43. The fraction of sp³-hybridized carbons (Fsp3) is 0.562. The summed E-state index contributed by atoms with van der Waals surface area (Å²) in [7, 11) is 0. The second-order valence-corrected chi connectivity index (χ2v) is 5.53. The summed E-state index contributed by atoms with van der Waals surface area (Å²) in [5.41, 5.74) is 0.554. The first-order chi connectivity index (χ1) is 9.05. The quantitative estimate of drug-likeness (QED) is 0.833. The highest BCUT2D eigenvalue weighted by Gasteiger charge is 2.40. The van der Waals surface area contributed by atoms with E-state index in [1.165, 1.54) is 0 Å². The molecule has 3 heteroatoms. The van der Waals surface area contributed by atoms with Crippen LogP contribution in [0.4, 0.5) is 0 Å². The molecule has 0 aromatic heterocycles. The van der Waals surface area contributed by atoms with Crippen molar-refractivity contribution in [1.82, 2.24) is 0 Å². The first-order valence-corrected chi connectivity index (χ1v) is 6.91. The van der Waals surface area contributed by atoms with Gasteiger partial charge in [0.2, 0.25) is 0 Å². The third kappa shape index (κ3) is 3.04. The van der Waals surface area contributed by atoms with Gasteiger partial charge in [-0.15, -0.1) is 0 Å². The zero-order chi connectivity index (χ0) is 13.9. The molecular formula is C16H22O3. The van der Waals surface area contributed by atoms with Crippen LogP contribution in [0.5, 0.6) is 0 Å². The van der Waals surface area contributed by atoms with Gasteiger partial charge in [0.15, 0.2) is 6.29 Å². The highest BCUT2D eigenvalue weighted by atomic mass is 16.7. The monoisotopic (exact) mass is 262 g/mol. The summed E-state index contributed by atoms with van der Waals surface area (Å²) in [5, 5.41) is 0. The minimum Gasteiger partial charge on any atom is -0.348 e. The van der Waals surface area contributed by atoms with Gasteiger partial charge in [-0.1, -0.05) is 51.1 Å². The van der Waals surface area contributed by atoms with Gasteiger partial charge < -0.3 is 9.47 Å². The van der Waals surface area contributed by atoms with E-state index in [-0.39, 0.29) is 18.2 Å². The maximum atomic E-state index is 12.1. The summed E-state index contributed by atoms with van der Waals surface area (Å²) in [4.78, 5) is 12.1. The number of ketones is 1. The Bertz CT molecular complexity index is 425. The standard InChI is InChI=1S/C16H22O3/c1-4-13(17)16(2,3)14-10-11-18-15(19-14)12-8-6-5-7-9-12/h5-9,14-15H,4,10-11H2,1-3H3/t14-,15-/m0/s1. The Balaban J connectivity index is 2.11. The Labute approximate surface area is 114 Å². The van der Waals surface area contributed by atoms with Crippen molar-refractivity contribution in [2.75, 3.05) is 6.61 Å². The molecule has 0 aliphatic carbocycles. The summed E-state index contributed by atoms with van der Waals surface area (Å²) in [5.74, 6) is 0.242. The molecule has 1 heterocycles. The Morgan fingerprint density at radius 1 is 1.32 bits per heavy atom. The zero-order valence-electron chi connectivity index (χ0n) is 11.9. The summed E-state index contributed by atoms with van der Waals surface area (Å²) in [6, 6.07) is 9.87. The van der Waals surface area contributed by atoms with E-state index in [9.17, 15) is 4.79 Å². The lowest BCUT2D eigenvalue weighted by molar-refractivity contribution is -0.238. The first-order valence-electron chi connectivity index (χ1n) is 6.91. The molecule has 0 saturated carbocycles. The van der Waals surface area contributed by atoms with Gasteiger partial charge in [-0.05, 0) is 6.42 Å². The Kier molecular flexibility index (Phi) is 4.38. The Hall–Kier alpha value is -1.19. The molecular weight excluding hydrogens is 240 g/mol. The van der Waals surface area contributed by atoms with Crippen LogP contribution in [0.3, 0.4) is 0 Å². The van der Waals surface area contributed by atoms with Crippen molar-refractivity contribution >= 4 is 5.78 Å². The van der Waals surface area contributed by atoms with Gasteiger partial charge in [-0.2, -0.15) is 0 Å². The third-order valence-corrected chi connectivity index (χ3v) is 3.85. The fourth-order valence-corrected chi connectivity index (χ4v) is 2.49. The van der Waals surface area contributed by atoms with Gasteiger partial charge in [0.1, 0.15) is 5.78 Å². The molecule has 0 spiro atoms. The van der Waals surface area contributed by atoms with E-state index < -0.39 is 5.41 Å². The van der Waals surface area contributed by atoms with Crippen LogP contribution in [0, 0.1) is 5.41 Å². The second kappa shape index (κ2) is 5.85. The van der Waals surface area contributed by atoms with Crippen LogP contribution in [-0.2, 0) is 14.3 Å². The van der Waals surface area contributed by atoms with Crippen LogP contribution < -0.4 is 0 Å². The molecule has 1 aliphatic heterocycles. The van der Waals surface area contributed by atoms with E-state index in [0.29, 0.717) is 13.0 Å². The predicted octanol–water partition coefficient (Wildman–Crippen LogP) is 3.50. The molecule has 2 rings (SSSR count). The van der Waals surface area contributed by atoms with Crippen LogP contribution in [0.2, 0.25) is 0 Å². The number of hydrogen-bond acceptors (Lipinski definition) is 3. The van der Waals surface area contributed by atoms with Crippen molar-refractivity contribution in [3.05, 3.63) is 35.9 Å². The number of Topliss-reactive ketones (excluding diaryl/α,β-unsaturated/α-hetero) is 1. The van der Waals surface area contributed by atoms with Crippen molar-refractivity contribution in [3.8, 4) is 0 Å². The highest BCUT2D eigenvalue weighted by Crippen LogP contribution is 2.36. The molecule has 0 amide bonds. The smallest absolute Gasteiger partial charge is 0.184 e. The Morgan fingerprint density at radius 2 is 2.00 bits per heavy atom. The highest BCUT2D eigenvalue weighted by molar-refractivity contribution is 5.84. The van der Waals surface area contributed by atoms with Gasteiger partial charge in [-0.25, -0.2) is 0 Å². The lowest BCUT2D eigenvalue weighted by Gasteiger charge is -2.39. The average molecular weight is 262 g/mol. The molecule has 1 aliphatic rings. The summed E-state index contributed by atoms with van der Waals surface area (Å²) in [6.07, 6.45) is 0.869. The van der Waals surface area contributed by atoms with E-state index >= 15 is 0 Å². The SMILES string of the molecule is CCC(=O)C(C)(C)[C@@H]1CCO[C@H](c2ccccc2)O1. The van der Waals surface area contributed by atoms with E-state index in [4.69, 9.17) is 9.47 Å². The molecule has 2 atom stereocenters. The average Bonchev–Trinajstić information content (AvgIpc) is 2.47. The maximum absolute atomic E-state index is 12.1. The second-order valence-electron chi connectivity index (χ2n) is 5.53. The van der Waals surface area contributed by atoms with Gasteiger partial charge in [0, 0.05) is 17.4 Å². The molecule has 3 nitrogen and oxygen atoms in total. The van der Waals surface area contributed by atoms with E-state index in [2.05, 4.69) is 0 Å². The van der Waals surface area contributed by atoms with Crippen molar-refractivity contribution < 1.29 is 14.3 Å². The van der Waals surface area contributed by atoms with Crippen LogP contribution in [0.25, 0.3) is 0 Å². The summed E-state index contributed by atoms with van der Waals surface area (Å²) >= 11 is 0. The fourth-order valence-electron chi connectivity index (χ4n) is 2.49. The van der Waals surface area contributed by atoms with Gasteiger partial charge >= 0.3 is 0 Å². The van der Waals surface area contributed by atoms with Crippen molar-refractivity contribution in [3.63, 3.8) is 0 Å². The first kappa shape index (κ1) is 14.2. The van der Waals surface area contributed by atoms with Crippen molar-refractivity contribution in [2.45, 2.75) is 46.0 Å². The molecule has 0 bridgehead atoms. The van der Waals surface area contributed by atoms with Crippen LogP contribution >= 0.6 is 0 Å². The molecule has 104 valence electrons. The molecule has 1 aromatic rings. The minimum atomic E-state index is -0.453. The van der Waals surface area contributed by atoms with Gasteiger partial charge in [0.25, 0.3) is 0 Å². The Morgan fingerprint density at radius 3 is 2.63 bits per heavy atom. The third-order valence-electron chi connectivity index (χ3n) is 3.85. The molecule has 1 fully saturated rings. The molecule has 1 saturated heterocycles. The largest absolute Gasteiger partial charge is 0.348 e. The number of benzene rings is 1. The molecule has 1 aromatic carbocycles. The molecule has 0 radical (unpaired) electrons. The van der Waals surface area contributed by atoms with Crippen molar-refractivity contribution in [1.29, 1.82) is 0 Å². The molecule has 19 heavy (non-hydrogen) atoms. The number of hydrogen-bond donors (Lipinski definition) is 0. The number of rotatable bonds is 4. The van der Waals surface area contributed by atoms with Crippen molar-refractivity contribution in [2.24, 2.45) is 5.41 Å². The predicted molar refractivity (Wildman–Crippen MR) is 73.7 cm³/mol. The minimum absolute atomic E-state index is 0.0843. The normalized spacial score (nSPS) is 24.2. The lowest BCUT2D eigenvalue weighted by atomic mass is 9.79. The zero-order valence-corrected chi connectivity index (χ0v) is 11.9. The van der Waals surface area contributed by atoms with Gasteiger partial charge in [0.05, 0.1) is 12.7 Å². The van der Waals surface area contributed by atoms with Gasteiger partial charge in [-0.3, -0.25) is 4.79 Å². The van der Waals surface area contributed by atoms with Crippen LogP contribution in [0.15, 0.2) is 30.3 Å².